The van der Waals surface area contributed by atoms with Gasteiger partial charge in [0.1, 0.15) is 0 Å². The highest BCUT2D eigenvalue weighted by molar-refractivity contribution is 7.15. The Morgan fingerprint density at radius 2 is 2.00 bits per heavy atom. The van der Waals surface area contributed by atoms with Gasteiger partial charge in [-0.3, -0.25) is 0 Å². The van der Waals surface area contributed by atoms with E-state index in [1.165, 1.54) is 48.1 Å². The van der Waals surface area contributed by atoms with Gasteiger partial charge < -0.3 is 10.6 Å². The average molecular weight is 265 g/mol. The third kappa shape index (κ3) is 2.28. The molecule has 2 aliphatic rings. The summed E-state index contributed by atoms with van der Waals surface area (Å²) in [5, 5.41) is 1.22. The third-order valence-electron chi connectivity index (χ3n) is 4.10. The molecule has 1 aromatic heterocycles. The Morgan fingerprint density at radius 3 is 2.72 bits per heavy atom. The number of thiazole rings is 1. The number of anilines is 1. The minimum atomic E-state index is 0.194. The number of hydrogen-bond donors (Lipinski definition) is 1. The molecule has 1 unspecified atom stereocenters. The number of aromatic nitrogens is 1. The molecule has 1 aliphatic carbocycles. The molecule has 2 N–H and O–H groups in total. The van der Waals surface area contributed by atoms with Gasteiger partial charge in [-0.1, -0.05) is 25.2 Å². The van der Waals surface area contributed by atoms with Gasteiger partial charge in [-0.05, 0) is 37.5 Å². The van der Waals surface area contributed by atoms with Gasteiger partial charge in [0.15, 0.2) is 5.13 Å². The number of hydrogen-bond acceptors (Lipinski definition) is 4. The van der Waals surface area contributed by atoms with Crippen LogP contribution in [0.5, 0.6) is 0 Å². The number of rotatable bonds is 1. The van der Waals surface area contributed by atoms with E-state index in [2.05, 4.69) is 18.7 Å². The molecule has 1 saturated heterocycles. The number of nitrogens with two attached hydrogens (primary N) is 1. The van der Waals surface area contributed by atoms with Crippen molar-refractivity contribution in [1.29, 1.82) is 0 Å². The van der Waals surface area contributed by atoms with Gasteiger partial charge in [-0.15, -0.1) is 0 Å². The average Bonchev–Trinajstić information content (AvgIpc) is 2.72. The molecule has 18 heavy (non-hydrogen) atoms. The van der Waals surface area contributed by atoms with Crippen molar-refractivity contribution in [2.75, 3.05) is 18.0 Å². The second-order valence-electron chi connectivity index (χ2n) is 6.51. The van der Waals surface area contributed by atoms with Crippen molar-refractivity contribution in [3.05, 3.63) is 10.6 Å². The van der Waals surface area contributed by atoms with E-state index in [1.54, 1.807) is 0 Å². The van der Waals surface area contributed by atoms with Crippen LogP contribution >= 0.6 is 11.3 Å². The predicted molar refractivity (Wildman–Crippen MR) is 77.2 cm³/mol. The smallest absolute Gasteiger partial charge is 0.185 e. The fourth-order valence-corrected chi connectivity index (χ4v) is 4.34. The predicted octanol–water partition coefficient (Wildman–Crippen LogP) is 3.11. The highest BCUT2D eigenvalue weighted by Gasteiger charge is 2.33. The molecule has 3 nitrogen and oxygen atoms in total. The standard InChI is InChI=1S/C14H23N3S/c1-14(2)8-10(15)12-11(9-14)16-13(18-12)17-6-4-3-5-7-17/h10H,3-9,15H2,1-2H3. The van der Waals surface area contributed by atoms with E-state index in [0.29, 0.717) is 5.41 Å². The fraction of sp³-hybridized carbons (Fsp3) is 0.786. The number of fused-ring (bicyclic) bond motifs is 1. The van der Waals surface area contributed by atoms with Gasteiger partial charge in [-0.25, -0.2) is 4.98 Å². The second kappa shape index (κ2) is 4.49. The van der Waals surface area contributed by atoms with Gasteiger partial charge in [0.25, 0.3) is 0 Å². The van der Waals surface area contributed by atoms with Crippen LogP contribution in [0.2, 0.25) is 0 Å². The summed E-state index contributed by atoms with van der Waals surface area (Å²) >= 11 is 1.84. The summed E-state index contributed by atoms with van der Waals surface area (Å²) in [4.78, 5) is 8.68. The highest BCUT2D eigenvalue weighted by Crippen LogP contribution is 2.43. The first kappa shape index (κ1) is 12.4. The maximum Gasteiger partial charge on any atom is 0.185 e. The lowest BCUT2D eigenvalue weighted by atomic mass is 9.77. The lowest BCUT2D eigenvalue weighted by Gasteiger charge is -2.32. The summed E-state index contributed by atoms with van der Waals surface area (Å²) in [6.07, 6.45) is 6.15. The Morgan fingerprint density at radius 1 is 1.28 bits per heavy atom. The molecule has 1 fully saturated rings. The van der Waals surface area contributed by atoms with E-state index in [1.807, 2.05) is 11.3 Å². The maximum absolute atomic E-state index is 6.32. The second-order valence-corrected chi connectivity index (χ2v) is 7.52. The molecule has 0 bridgehead atoms. The van der Waals surface area contributed by atoms with Crippen LogP contribution in [0, 0.1) is 5.41 Å². The molecular weight excluding hydrogens is 242 g/mol. The summed E-state index contributed by atoms with van der Waals surface area (Å²) in [7, 11) is 0. The van der Waals surface area contributed by atoms with Crippen LogP contribution in [0.1, 0.15) is 56.1 Å². The number of nitrogens with zero attached hydrogens (tertiary/aromatic N) is 2. The molecule has 3 rings (SSSR count). The molecule has 0 saturated carbocycles. The van der Waals surface area contributed by atoms with Crippen molar-refractivity contribution < 1.29 is 0 Å². The molecule has 1 atom stereocenters. The molecular formula is C14H23N3S. The molecule has 0 aromatic carbocycles. The minimum absolute atomic E-state index is 0.194. The lowest BCUT2D eigenvalue weighted by molar-refractivity contribution is 0.282. The Balaban J connectivity index is 1.87. The van der Waals surface area contributed by atoms with Crippen LogP contribution in [0.3, 0.4) is 0 Å². The molecule has 4 heteroatoms. The van der Waals surface area contributed by atoms with Crippen molar-refractivity contribution in [1.82, 2.24) is 4.98 Å². The zero-order valence-electron chi connectivity index (χ0n) is 11.4. The first-order valence-electron chi connectivity index (χ1n) is 7.05. The van der Waals surface area contributed by atoms with Gasteiger partial charge >= 0.3 is 0 Å². The van der Waals surface area contributed by atoms with Crippen LogP contribution in [0.4, 0.5) is 5.13 Å². The zero-order chi connectivity index (χ0) is 12.8. The van der Waals surface area contributed by atoms with E-state index in [4.69, 9.17) is 10.7 Å². The Labute approximate surface area is 113 Å². The molecule has 0 spiro atoms. The van der Waals surface area contributed by atoms with Gasteiger partial charge in [0.05, 0.1) is 5.69 Å². The Hall–Kier alpha value is -0.610. The number of piperidine rings is 1. The highest BCUT2D eigenvalue weighted by atomic mass is 32.1. The minimum Gasteiger partial charge on any atom is -0.348 e. The molecule has 0 radical (unpaired) electrons. The molecule has 1 aromatic rings. The van der Waals surface area contributed by atoms with Crippen LogP contribution < -0.4 is 10.6 Å². The van der Waals surface area contributed by atoms with Gasteiger partial charge in [0.2, 0.25) is 0 Å². The SMILES string of the molecule is CC1(C)Cc2nc(N3CCCCC3)sc2C(N)C1. The van der Waals surface area contributed by atoms with Crippen LogP contribution in [0.15, 0.2) is 0 Å². The van der Waals surface area contributed by atoms with E-state index < -0.39 is 0 Å². The van der Waals surface area contributed by atoms with Crippen LogP contribution in [-0.4, -0.2) is 18.1 Å². The Bertz CT molecular complexity index is 432. The summed E-state index contributed by atoms with van der Waals surface area (Å²) in [6, 6.07) is 0.194. The van der Waals surface area contributed by atoms with E-state index in [-0.39, 0.29) is 6.04 Å². The van der Waals surface area contributed by atoms with E-state index in [9.17, 15) is 0 Å². The van der Waals surface area contributed by atoms with Crippen molar-refractivity contribution in [3.8, 4) is 0 Å². The van der Waals surface area contributed by atoms with Crippen molar-refractivity contribution in [2.45, 2.75) is 52.0 Å². The summed E-state index contributed by atoms with van der Waals surface area (Å²) < 4.78 is 0. The summed E-state index contributed by atoms with van der Waals surface area (Å²) in [5.41, 5.74) is 7.89. The van der Waals surface area contributed by atoms with Crippen LogP contribution in [0.25, 0.3) is 0 Å². The molecule has 1 aliphatic heterocycles. The first-order chi connectivity index (χ1) is 8.55. The molecule has 2 heterocycles. The van der Waals surface area contributed by atoms with Crippen LogP contribution in [-0.2, 0) is 6.42 Å². The quantitative estimate of drug-likeness (QED) is 0.848. The third-order valence-corrected chi connectivity index (χ3v) is 5.39. The van der Waals surface area contributed by atoms with E-state index >= 15 is 0 Å². The molecule has 100 valence electrons. The van der Waals surface area contributed by atoms with Crippen molar-refractivity contribution in [3.63, 3.8) is 0 Å². The van der Waals surface area contributed by atoms with E-state index in [0.717, 1.165) is 12.8 Å². The van der Waals surface area contributed by atoms with Gasteiger partial charge in [0, 0.05) is 24.0 Å². The van der Waals surface area contributed by atoms with Crippen molar-refractivity contribution >= 4 is 16.5 Å². The largest absolute Gasteiger partial charge is 0.348 e. The van der Waals surface area contributed by atoms with Gasteiger partial charge in [-0.2, -0.15) is 0 Å². The van der Waals surface area contributed by atoms with Crippen molar-refractivity contribution in [2.24, 2.45) is 11.1 Å². The fourth-order valence-electron chi connectivity index (χ4n) is 3.20. The lowest BCUT2D eigenvalue weighted by Crippen LogP contribution is -2.29. The summed E-state index contributed by atoms with van der Waals surface area (Å²) in [5.74, 6) is 0. The molecule has 0 amide bonds. The topological polar surface area (TPSA) is 42.2 Å². The Kier molecular flexibility index (Phi) is 3.10. The first-order valence-corrected chi connectivity index (χ1v) is 7.87. The maximum atomic E-state index is 6.32. The summed E-state index contributed by atoms with van der Waals surface area (Å²) in [6.45, 7) is 6.95. The zero-order valence-corrected chi connectivity index (χ0v) is 12.2. The monoisotopic (exact) mass is 265 g/mol. The normalized spacial score (nSPS) is 27.1.